The summed E-state index contributed by atoms with van der Waals surface area (Å²) >= 11 is 0. The van der Waals surface area contributed by atoms with Crippen molar-refractivity contribution in [3.05, 3.63) is 35.5 Å². The van der Waals surface area contributed by atoms with Crippen LogP contribution in [0.2, 0.25) is 0 Å². The monoisotopic (exact) mass is 257 g/mol. The van der Waals surface area contributed by atoms with Crippen LogP contribution in [0.5, 0.6) is 0 Å². The van der Waals surface area contributed by atoms with Gasteiger partial charge in [0.25, 0.3) is 0 Å². The molecular formula is C13H11N3O3. The quantitative estimate of drug-likeness (QED) is 0.760. The van der Waals surface area contributed by atoms with E-state index in [0.717, 1.165) is 22.2 Å². The SMILES string of the molecule is O=C1CCC(c2ccc3[nH]c(C(=O)O)cc3c2)=NN1. The van der Waals surface area contributed by atoms with Gasteiger partial charge in [-0.1, -0.05) is 6.07 Å². The Labute approximate surface area is 108 Å². The van der Waals surface area contributed by atoms with Crippen molar-refractivity contribution in [2.75, 3.05) is 0 Å². The maximum absolute atomic E-state index is 11.0. The number of rotatable bonds is 2. The lowest BCUT2D eigenvalue weighted by Crippen LogP contribution is -2.25. The minimum atomic E-state index is -0.986. The zero-order chi connectivity index (χ0) is 13.4. The third-order valence-corrected chi connectivity index (χ3v) is 3.09. The van der Waals surface area contributed by atoms with E-state index in [-0.39, 0.29) is 11.6 Å². The van der Waals surface area contributed by atoms with Crippen molar-refractivity contribution >= 4 is 28.5 Å². The number of nitrogens with one attached hydrogen (secondary N) is 2. The molecule has 2 heterocycles. The van der Waals surface area contributed by atoms with Gasteiger partial charge in [0.05, 0.1) is 5.71 Å². The molecule has 1 aliphatic heterocycles. The number of hydrogen-bond acceptors (Lipinski definition) is 3. The summed E-state index contributed by atoms with van der Waals surface area (Å²) < 4.78 is 0. The number of benzene rings is 1. The van der Waals surface area contributed by atoms with Crippen molar-refractivity contribution in [1.82, 2.24) is 10.4 Å². The van der Waals surface area contributed by atoms with E-state index in [0.29, 0.717) is 12.8 Å². The van der Waals surface area contributed by atoms with E-state index in [1.165, 1.54) is 0 Å². The highest BCUT2D eigenvalue weighted by molar-refractivity contribution is 6.06. The van der Waals surface area contributed by atoms with Crippen LogP contribution in [0.15, 0.2) is 29.4 Å². The van der Waals surface area contributed by atoms with Gasteiger partial charge in [-0.05, 0) is 23.8 Å². The molecule has 0 aliphatic carbocycles. The lowest BCUT2D eigenvalue weighted by molar-refractivity contribution is -0.121. The second-order valence-electron chi connectivity index (χ2n) is 4.38. The first kappa shape index (κ1) is 11.5. The van der Waals surface area contributed by atoms with Crippen LogP contribution in [-0.2, 0) is 4.79 Å². The molecule has 1 amide bonds. The first-order valence-electron chi connectivity index (χ1n) is 5.85. The molecule has 19 heavy (non-hydrogen) atoms. The molecule has 0 saturated heterocycles. The normalized spacial score (nSPS) is 15.2. The number of carbonyl (C=O) groups excluding carboxylic acids is 1. The molecule has 6 heteroatoms. The minimum Gasteiger partial charge on any atom is -0.477 e. The third kappa shape index (κ3) is 2.08. The number of hydrazone groups is 1. The van der Waals surface area contributed by atoms with Gasteiger partial charge in [0.15, 0.2) is 0 Å². The molecule has 3 N–H and O–H groups in total. The van der Waals surface area contributed by atoms with E-state index in [9.17, 15) is 9.59 Å². The van der Waals surface area contributed by atoms with Crippen LogP contribution in [0.1, 0.15) is 28.9 Å². The highest BCUT2D eigenvalue weighted by Gasteiger charge is 2.14. The molecule has 0 saturated carbocycles. The zero-order valence-corrected chi connectivity index (χ0v) is 9.93. The molecule has 0 fully saturated rings. The topological polar surface area (TPSA) is 94.5 Å². The summed E-state index contributed by atoms with van der Waals surface area (Å²) in [6.07, 6.45) is 1.01. The molecule has 1 aromatic carbocycles. The van der Waals surface area contributed by atoms with E-state index in [1.54, 1.807) is 6.07 Å². The van der Waals surface area contributed by atoms with E-state index < -0.39 is 5.97 Å². The van der Waals surface area contributed by atoms with E-state index in [2.05, 4.69) is 15.5 Å². The first-order chi connectivity index (χ1) is 9.13. The number of aromatic amines is 1. The number of carboxylic acids is 1. The van der Waals surface area contributed by atoms with Gasteiger partial charge in [-0.2, -0.15) is 5.10 Å². The maximum Gasteiger partial charge on any atom is 0.352 e. The number of hydrogen-bond donors (Lipinski definition) is 3. The fourth-order valence-corrected chi connectivity index (χ4v) is 2.11. The average molecular weight is 257 g/mol. The number of carboxylic acid groups (broad SMARTS) is 1. The number of fused-ring (bicyclic) bond motifs is 1. The molecule has 0 bridgehead atoms. The molecule has 1 aromatic heterocycles. The predicted octanol–water partition coefficient (Wildman–Crippen LogP) is 1.48. The highest BCUT2D eigenvalue weighted by Crippen LogP contribution is 2.19. The Kier molecular flexibility index (Phi) is 2.56. The van der Waals surface area contributed by atoms with Crippen LogP contribution in [0.3, 0.4) is 0 Å². The zero-order valence-electron chi connectivity index (χ0n) is 9.93. The van der Waals surface area contributed by atoms with Gasteiger partial charge in [-0.3, -0.25) is 4.79 Å². The standard InChI is InChI=1S/C13H11N3O3/c17-12-4-3-10(15-16-12)7-1-2-9-8(5-7)6-11(14-9)13(18)19/h1-2,5-6,14H,3-4H2,(H,16,17)(H,18,19). The summed E-state index contributed by atoms with van der Waals surface area (Å²) in [4.78, 5) is 24.8. The third-order valence-electron chi connectivity index (χ3n) is 3.09. The molecule has 0 atom stereocenters. The van der Waals surface area contributed by atoms with Crippen LogP contribution in [0, 0.1) is 0 Å². The van der Waals surface area contributed by atoms with Gasteiger partial charge in [0.1, 0.15) is 5.69 Å². The Bertz CT molecular complexity index is 715. The number of nitrogens with zero attached hydrogens (tertiary/aromatic N) is 1. The lowest BCUT2D eigenvalue weighted by atomic mass is 10.0. The van der Waals surface area contributed by atoms with E-state index >= 15 is 0 Å². The Balaban J connectivity index is 2.02. The Morgan fingerprint density at radius 3 is 2.79 bits per heavy atom. The van der Waals surface area contributed by atoms with Crippen LogP contribution in [0.25, 0.3) is 10.9 Å². The van der Waals surface area contributed by atoms with Gasteiger partial charge < -0.3 is 10.1 Å². The molecule has 96 valence electrons. The molecular weight excluding hydrogens is 246 g/mol. The molecule has 1 aliphatic rings. The van der Waals surface area contributed by atoms with Crippen LogP contribution >= 0.6 is 0 Å². The number of aromatic nitrogens is 1. The summed E-state index contributed by atoms with van der Waals surface area (Å²) in [5.41, 5.74) is 5.07. The smallest absolute Gasteiger partial charge is 0.352 e. The molecule has 2 aromatic rings. The van der Waals surface area contributed by atoms with Crippen LogP contribution in [-0.4, -0.2) is 27.7 Å². The summed E-state index contributed by atoms with van der Waals surface area (Å²) in [6.45, 7) is 0. The number of H-pyrrole nitrogens is 1. The van der Waals surface area contributed by atoms with Crippen molar-refractivity contribution < 1.29 is 14.7 Å². The summed E-state index contributed by atoms with van der Waals surface area (Å²) in [5.74, 6) is -1.07. The van der Waals surface area contributed by atoms with Crippen molar-refractivity contribution in [3.8, 4) is 0 Å². The summed E-state index contributed by atoms with van der Waals surface area (Å²) in [5, 5.41) is 13.8. The second kappa shape index (κ2) is 4.24. The first-order valence-corrected chi connectivity index (χ1v) is 5.85. The van der Waals surface area contributed by atoms with E-state index in [1.807, 2.05) is 18.2 Å². The number of amides is 1. The Morgan fingerprint density at radius 2 is 2.11 bits per heavy atom. The number of carbonyl (C=O) groups is 2. The lowest BCUT2D eigenvalue weighted by Gasteiger charge is -2.11. The fraction of sp³-hybridized carbons (Fsp3) is 0.154. The predicted molar refractivity (Wildman–Crippen MR) is 69.2 cm³/mol. The molecule has 3 rings (SSSR count). The molecule has 0 radical (unpaired) electrons. The van der Waals surface area contributed by atoms with Crippen molar-refractivity contribution in [1.29, 1.82) is 0 Å². The Morgan fingerprint density at radius 1 is 1.26 bits per heavy atom. The maximum atomic E-state index is 11.0. The fourth-order valence-electron chi connectivity index (χ4n) is 2.11. The molecule has 0 spiro atoms. The van der Waals surface area contributed by atoms with Crippen molar-refractivity contribution in [3.63, 3.8) is 0 Å². The van der Waals surface area contributed by atoms with Gasteiger partial charge >= 0.3 is 5.97 Å². The van der Waals surface area contributed by atoms with Crippen molar-refractivity contribution in [2.45, 2.75) is 12.8 Å². The highest BCUT2D eigenvalue weighted by atomic mass is 16.4. The molecule has 6 nitrogen and oxygen atoms in total. The number of aromatic carboxylic acids is 1. The van der Waals surface area contributed by atoms with Gasteiger partial charge in [0, 0.05) is 23.7 Å². The van der Waals surface area contributed by atoms with Gasteiger partial charge in [-0.25, -0.2) is 10.2 Å². The molecule has 0 unspecified atom stereocenters. The van der Waals surface area contributed by atoms with Gasteiger partial charge in [-0.15, -0.1) is 0 Å². The summed E-state index contributed by atoms with van der Waals surface area (Å²) in [6, 6.07) is 7.13. The van der Waals surface area contributed by atoms with Crippen LogP contribution in [0.4, 0.5) is 0 Å². The van der Waals surface area contributed by atoms with Crippen molar-refractivity contribution in [2.24, 2.45) is 5.10 Å². The van der Waals surface area contributed by atoms with E-state index in [4.69, 9.17) is 5.11 Å². The second-order valence-corrected chi connectivity index (χ2v) is 4.38. The van der Waals surface area contributed by atoms with Crippen LogP contribution < -0.4 is 5.43 Å². The minimum absolute atomic E-state index is 0.0837. The Hall–Kier alpha value is -2.63. The summed E-state index contributed by atoms with van der Waals surface area (Å²) in [7, 11) is 0. The van der Waals surface area contributed by atoms with Gasteiger partial charge in [0.2, 0.25) is 5.91 Å². The largest absolute Gasteiger partial charge is 0.477 e. The average Bonchev–Trinajstić information content (AvgIpc) is 2.82.